The number of likely N-dealkylation sites (tertiary alicyclic amines) is 1. The summed E-state index contributed by atoms with van der Waals surface area (Å²) in [7, 11) is 1.60. The Bertz CT molecular complexity index is 696. The summed E-state index contributed by atoms with van der Waals surface area (Å²) in [5.74, 6) is -0.220. The van der Waals surface area contributed by atoms with Crippen LogP contribution in [-0.2, 0) is 22.4 Å². The first-order chi connectivity index (χ1) is 13.4. The summed E-state index contributed by atoms with van der Waals surface area (Å²) in [6.45, 7) is 7.49. The SMILES string of the molecule is CCc1ccc(Cl)c(CC)c1NC(=O)N1C[C@H](C(=O)NCCOC)CC[C@H]1C. The summed E-state index contributed by atoms with van der Waals surface area (Å²) < 4.78 is 4.98. The average molecular weight is 410 g/mol. The Morgan fingerprint density at radius 2 is 2.00 bits per heavy atom. The van der Waals surface area contributed by atoms with E-state index >= 15 is 0 Å². The van der Waals surface area contributed by atoms with Crippen LogP contribution in [0.15, 0.2) is 12.1 Å². The van der Waals surface area contributed by atoms with Gasteiger partial charge in [0.25, 0.3) is 0 Å². The fraction of sp³-hybridized carbons (Fsp3) is 0.619. The molecule has 7 heteroatoms. The van der Waals surface area contributed by atoms with E-state index in [1.807, 2.05) is 26.0 Å². The molecule has 28 heavy (non-hydrogen) atoms. The Labute approximate surface area is 172 Å². The molecule has 0 saturated carbocycles. The quantitative estimate of drug-likeness (QED) is 0.672. The molecule has 6 nitrogen and oxygen atoms in total. The highest BCUT2D eigenvalue weighted by Gasteiger charge is 2.33. The summed E-state index contributed by atoms with van der Waals surface area (Å²) in [6.07, 6.45) is 3.12. The van der Waals surface area contributed by atoms with Crippen molar-refractivity contribution in [3.05, 3.63) is 28.3 Å². The number of carbonyl (C=O) groups is 2. The summed E-state index contributed by atoms with van der Waals surface area (Å²) >= 11 is 6.35. The second-order valence-corrected chi connectivity index (χ2v) is 7.66. The standard InChI is InChI=1S/C21H32ClN3O3/c1-5-15-9-10-18(22)17(6-2)19(15)24-21(27)25-13-16(8-7-14(25)3)20(26)23-11-12-28-4/h9-10,14,16H,5-8,11-13H2,1-4H3,(H,23,26)(H,24,27)/t14-,16-/m1/s1. The fourth-order valence-corrected chi connectivity index (χ4v) is 3.96. The van der Waals surface area contributed by atoms with Crippen molar-refractivity contribution >= 4 is 29.2 Å². The molecule has 2 rings (SSSR count). The number of piperidine rings is 1. The molecule has 1 heterocycles. The van der Waals surface area contributed by atoms with Gasteiger partial charge in [0.2, 0.25) is 5.91 Å². The van der Waals surface area contributed by atoms with Crippen LogP contribution < -0.4 is 10.6 Å². The van der Waals surface area contributed by atoms with E-state index in [9.17, 15) is 9.59 Å². The molecule has 0 spiro atoms. The van der Waals surface area contributed by atoms with Crippen molar-refractivity contribution in [1.29, 1.82) is 0 Å². The highest BCUT2D eigenvalue weighted by molar-refractivity contribution is 6.32. The van der Waals surface area contributed by atoms with E-state index in [-0.39, 0.29) is 23.9 Å². The first kappa shape index (κ1) is 22.5. The predicted molar refractivity (Wildman–Crippen MR) is 113 cm³/mol. The zero-order chi connectivity index (χ0) is 20.7. The topological polar surface area (TPSA) is 70.7 Å². The number of nitrogens with zero attached hydrogens (tertiary/aromatic N) is 1. The molecule has 0 radical (unpaired) electrons. The lowest BCUT2D eigenvalue weighted by atomic mass is 9.93. The molecule has 2 N–H and O–H groups in total. The highest BCUT2D eigenvalue weighted by Crippen LogP contribution is 2.31. The number of methoxy groups -OCH3 is 1. The van der Waals surface area contributed by atoms with E-state index in [1.165, 1.54) is 0 Å². The molecule has 1 aromatic rings. The Kier molecular flexibility index (Phi) is 8.58. The first-order valence-electron chi connectivity index (χ1n) is 10.1. The molecule has 0 bridgehead atoms. The molecule has 1 saturated heterocycles. The van der Waals surface area contributed by atoms with Crippen LogP contribution >= 0.6 is 11.6 Å². The number of rotatable bonds is 7. The number of benzene rings is 1. The van der Waals surface area contributed by atoms with E-state index in [4.69, 9.17) is 16.3 Å². The molecule has 156 valence electrons. The van der Waals surface area contributed by atoms with Crippen LogP contribution in [-0.4, -0.2) is 49.7 Å². The van der Waals surface area contributed by atoms with Crippen molar-refractivity contribution in [2.75, 3.05) is 32.1 Å². The van der Waals surface area contributed by atoms with Crippen LogP contribution in [0.2, 0.25) is 5.02 Å². The molecular formula is C21H32ClN3O3. The van der Waals surface area contributed by atoms with Gasteiger partial charge in [-0.15, -0.1) is 0 Å². The lowest BCUT2D eigenvalue weighted by Crippen LogP contribution is -2.51. The molecule has 0 unspecified atom stereocenters. The van der Waals surface area contributed by atoms with Crippen molar-refractivity contribution in [1.82, 2.24) is 10.2 Å². The number of urea groups is 1. The highest BCUT2D eigenvalue weighted by atomic mass is 35.5. The molecular weight excluding hydrogens is 378 g/mol. The number of halogens is 1. The molecule has 3 amide bonds. The maximum absolute atomic E-state index is 13.1. The first-order valence-corrected chi connectivity index (χ1v) is 10.4. The van der Waals surface area contributed by atoms with Gasteiger partial charge in [0, 0.05) is 31.3 Å². The number of carbonyl (C=O) groups excluding carboxylic acids is 2. The van der Waals surface area contributed by atoms with Crippen molar-refractivity contribution in [2.45, 2.75) is 52.5 Å². The lowest BCUT2D eigenvalue weighted by Gasteiger charge is -2.37. The van der Waals surface area contributed by atoms with Crippen molar-refractivity contribution in [3.63, 3.8) is 0 Å². The maximum atomic E-state index is 13.1. The Morgan fingerprint density at radius 3 is 2.64 bits per heavy atom. The third-order valence-electron chi connectivity index (χ3n) is 5.43. The summed E-state index contributed by atoms with van der Waals surface area (Å²) in [5.41, 5.74) is 2.82. The van der Waals surface area contributed by atoms with Crippen molar-refractivity contribution < 1.29 is 14.3 Å². The largest absolute Gasteiger partial charge is 0.383 e. The molecule has 1 aliphatic heterocycles. The van der Waals surface area contributed by atoms with Crippen LogP contribution in [0.1, 0.15) is 44.7 Å². The van der Waals surface area contributed by atoms with Gasteiger partial charge in [-0.25, -0.2) is 4.79 Å². The monoisotopic (exact) mass is 409 g/mol. The fourth-order valence-electron chi connectivity index (χ4n) is 3.67. The number of aryl methyl sites for hydroxylation is 1. The Morgan fingerprint density at radius 1 is 1.25 bits per heavy atom. The number of hydrogen-bond acceptors (Lipinski definition) is 3. The van der Waals surface area contributed by atoms with Gasteiger partial charge in [0.05, 0.1) is 18.2 Å². The molecule has 1 aromatic carbocycles. The maximum Gasteiger partial charge on any atom is 0.322 e. The number of hydrogen-bond donors (Lipinski definition) is 2. The second kappa shape index (κ2) is 10.7. The van der Waals surface area contributed by atoms with E-state index in [1.54, 1.807) is 12.0 Å². The average Bonchev–Trinajstić information content (AvgIpc) is 2.68. The smallest absolute Gasteiger partial charge is 0.322 e. The molecule has 0 aromatic heterocycles. The van der Waals surface area contributed by atoms with Crippen LogP contribution in [0.4, 0.5) is 10.5 Å². The van der Waals surface area contributed by atoms with Crippen LogP contribution in [0.3, 0.4) is 0 Å². The van der Waals surface area contributed by atoms with E-state index in [0.29, 0.717) is 24.7 Å². The third kappa shape index (κ3) is 5.39. The molecule has 1 aliphatic rings. The van der Waals surface area contributed by atoms with Crippen molar-refractivity contribution in [3.8, 4) is 0 Å². The minimum absolute atomic E-state index is 0.0204. The number of anilines is 1. The van der Waals surface area contributed by atoms with Crippen LogP contribution in [0.25, 0.3) is 0 Å². The Balaban J connectivity index is 2.12. The molecule has 1 fully saturated rings. The third-order valence-corrected chi connectivity index (χ3v) is 5.78. The zero-order valence-corrected chi connectivity index (χ0v) is 18.1. The van der Waals surface area contributed by atoms with Gasteiger partial charge in [0.1, 0.15) is 0 Å². The normalized spacial score (nSPS) is 19.4. The van der Waals surface area contributed by atoms with Gasteiger partial charge >= 0.3 is 6.03 Å². The lowest BCUT2D eigenvalue weighted by molar-refractivity contribution is -0.126. The van der Waals surface area contributed by atoms with E-state index < -0.39 is 0 Å². The number of ether oxygens (including phenoxy) is 1. The van der Waals surface area contributed by atoms with Crippen LogP contribution in [0, 0.1) is 5.92 Å². The second-order valence-electron chi connectivity index (χ2n) is 7.26. The van der Waals surface area contributed by atoms with E-state index in [0.717, 1.165) is 42.5 Å². The molecule has 0 aliphatic carbocycles. The molecule has 2 atom stereocenters. The van der Waals surface area contributed by atoms with E-state index in [2.05, 4.69) is 17.6 Å². The predicted octanol–water partition coefficient (Wildman–Crippen LogP) is 3.86. The number of amides is 3. The number of nitrogens with one attached hydrogen (secondary N) is 2. The van der Waals surface area contributed by atoms with Crippen molar-refractivity contribution in [2.24, 2.45) is 5.92 Å². The van der Waals surface area contributed by atoms with Gasteiger partial charge in [-0.1, -0.05) is 31.5 Å². The minimum Gasteiger partial charge on any atom is -0.383 e. The summed E-state index contributed by atoms with van der Waals surface area (Å²) in [6, 6.07) is 3.76. The van der Waals surface area contributed by atoms with Gasteiger partial charge in [-0.3, -0.25) is 4.79 Å². The zero-order valence-electron chi connectivity index (χ0n) is 17.3. The van der Waals surface area contributed by atoms with Gasteiger partial charge in [0.15, 0.2) is 0 Å². The van der Waals surface area contributed by atoms with Crippen LogP contribution in [0.5, 0.6) is 0 Å². The summed E-state index contributed by atoms with van der Waals surface area (Å²) in [4.78, 5) is 27.3. The van der Waals surface area contributed by atoms with Gasteiger partial charge < -0.3 is 20.3 Å². The summed E-state index contributed by atoms with van der Waals surface area (Å²) in [5, 5.41) is 6.63. The Hall–Kier alpha value is -1.79. The van der Waals surface area contributed by atoms with Gasteiger partial charge in [-0.05, 0) is 49.8 Å². The minimum atomic E-state index is -0.200. The van der Waals surface area contributed by atoms with Gasteiger partial charge in [-0.2, -0.15) is 0 Å².